The predicted molar refractivity (Wildman–Crippen MR) is 97.9 cm³/mol. The van der Waals surface area contributed by atoms with Crippen LogP contribution in [0.4, 0.5) is 8.78 Å². The van der Waals surface area contributed by atoms with Gasteiger partial charge in [-0.1, -0.05) is 42.5 Å². The van der Waals surface area contributed by atoms with Crippen molar-refractivity contribution in [2.24, 2.45) is 5.73 Å². The topological polar surface area (TPSA) is 71.8 Å². The summed E-state index contributed by atoms with van der Waals surface area (Å²) in [7, 11) is 0. The first-order chi connectivity index (χ1) is 13.1. The summed E-state index contributed by atoms with van der Waals surface area (Å²) in [5.41, 5.74) is 10.1. The van der Waals surface area contributed by atoms with Gasteiger partial charge in [-0.05, 0) is 34.4 Å². The monoisotopic (exact) mass is 361 g/mol. The Hall–Kier alpha value is -3.54. The highest BCUT2D eigenvalue weighted by molar-refractivity contribution is 6.00. The molecule has 0 fully saturated rings. The Morgan fingerprint density at radius 3 is 2.52 bits per heavy atom. The normalized spacial score (nSPS) is 15.0. The number of nitrogens with two attached hydrogens (primary N) is 1. The minimum atomic E-state index is -0.988. The van der Waals surface area contributed by atoms with E-state index in [1.54, 1.807) is 6.07 Å². The molecule has 0 spiro atoms. The van der Waals surface area contributed by atoms with E-state index in [2.05, 4.69) is 9.97 Å². The summed E-state index contributed by atoms with van der Waals surface area (Å²) in [6.07, 6.45) is 0. The fourth-order valence-electron chi connectivity index (χ4n) is 3.90. The van der Waals surface area contributed by atoms with Gasteiger partial charge in [-0.15, -0.1) is 0 Å². The van der Waals surface area contributed by atoms with Crippen LogP contribution >= 0.6 is 0 Å². The van der Waals surface area contributed by atoms with Gasteiger partial charge in [0.15, 0.2) is 11.6 Å². The molecule has 132 valence electrons. The van der Waals surface area contributed by atoms with Crippen molar-refractivity contribution < 1.29 is 13.6 Å². The number of H-pyrrole nitrogens is 1. The second kappa shape index (κ2) is 5.48. The molecule has 0 radical (unpaired) electrons. The number of fused-ring (bicyclic) bond motifs is 4. The highest BCUT2D eigenvalue weighted by Crippen LogP contribution is 2.48. The number of primary amides is 1. The maximum absolute atomic E-state index is 14.1. The number of nitrogens with one attached hydrogen (secondary N) is 1. The molecule has 4 aromatic rings. The van der Waals surface area contributed by atoms with Gasteiger partial charge in [0.05, 0.1) is 11.4 Å². The largest absolute Gasteiger partial charge is 0.369 e. The smallest absolute Gasteiger partial charge is 0.229 e. The van der Waals surface area contributed by atoms with Gasteiger partial charge in [0.1, 0.15) is 11.3 Å². The van der Waals surface area contributed by atoms with E-state index in [4.69, 9.17) is 5.73 Å². The zero-order chi connectivity index (χ0) is 18.7. The average Bonchev–Trinajstić information content (AvgIpc) is 3.24. The fraction of sp³-hybridized carbons (Fsp3) is 0.0476. The lowest BCUT2D eigenvalue weighted by molar-refractivity contribution is -0.118. The maximum atomic E-state index is 14.1. The Labute approximate surface area is 152 Å². The lowest BCUT2D eigenvalue weighted by Gasteiger charge is -2.09. The second-order valence-electron chi connectivity index (χ2n) is 6.54. The van der Waals surface area contributed by atoms with Crippen LogP contribution in [0.5, 0.6) is 0 Å². The Morgan fingerprint density at radius 2 is 1.70 bits per heavy atom. The summed E-state index contributed by atoms with van der Waals surface area (Å²) in [5, 5.41) is 0. The maximum Gasteiger partial charge on any atom is 0.229 e. The van der Waals surface area contributed by atoms with E-state index in [0.717, 1.165) is 28.3 Å². The quantitative estimate of drug-likeness (QED) is 0.564. The minimum Gasteiger partial charge on any atom is -0.369 e. The summed E-state index contributed by atoms with van der Waals surface area (Å²) in [4.78, 5) is 19.4. The molecule has 0 unspecified atom stereocenters. The number of carbonyl (C=O) groups excluding carboxylic acids is 1. The van der Waals surface area contributed by atoms with Crippen molar-refractivity contribution in [3.8, 4) is 22.5 Å². The van der Waals surface area contributed by atoms with E-state index in [1.165, 1.54) is 6.07 Å². The van der Waals surface area contributed by atoms with Gasteiger partial charge in [0.25, 0.3) is 0 Å². The molecule has 1 aromatic heterocycles. The van der Waals surface area contributed by atoms with Gasteiger partial charge in [0.2, 0.25) is 5.91 Å². The standard InChI is InChI=1S/C21H13F2N3O/c22-14-8-9-15-19(18(14)23)26-21(25-15)13-7-3-6-12-16(13)10-4-1-2-5-11(10)17(12)20(24)27/h1-9,17H,(H2,24,27)(H,25,26)/t17-/m1/s1. The number of rotatable bonds is 2. The summed E-state index contributed by atoms with van der Waals surface area (Å²) in [6.45, 7) is 0. The molecule has 4 nitrogen and oxygen atoms in total. The van der Waals surface area contributed by atoms with Crippen LogP contribution in [-0.4, -0.2) is 15.9 Å². The molecule has 3 N–H and O–H groups in total. The van der Waals surface area contributed by atoms with E-state index in [-0.39, 0.29) is 5.52 Å². The summed E-state index contributed by atoms with van der Waals surface area (Å²) in [5.74, 6) is -2.51. The van der Waals surface area contributed by atoms with Gasteiger partial charge < -0.3 is 10.7 Å². The number of aromatic nitrogens is 2. The number of hydrogen-bond donors (Lipinski definition) is 2. The molecule has 0 bridgehead atoms. The number of benzene rings is 3. The molecule has 0 saturated carbocycles. The molecular weight excluding hydrogens is 348 g/mol. The number of amides is 1. The van der Waals surface area contributed by atoms with Crippen LogP contribution in [0.25, 0.3) is 33.5 Å². The predicted octanol–water partition coefficient (Wildman–Crippen LogP) is 4.11. The van der Waals surface area contributed by atoms with E-state index in [9.17, 15) is 13.6 Å². The zero-order valence-corrected chi connectivity index (χ0v) is 14.0. The molecule has 6 heteroatoms. The van der Waals surface area contributed by atoms with Crippen LogP contribution in [0.15, 0.2) is 54.6 Å². The van der Waals surface area contributed by atoms with E-state index < -0.39 is 23.5 Å². The first kappa shape index (κ1) is 15.7. The van der Waals surface area contributed by atoms with E-state index in [1.807, 2.05) is 36.4 Å². The molecule has 0 saturated heterocycles. The average molecular weight is 361 g/mol. The minimum absolute atomic E-state index is 0.0552. The summed E-state index contributed by atoms with van der Waals surface area (Å²) >= 11 is 0. The van der Waals surface area contributed by atoms with Gasteiger partial charge in [0, 0.05) is 5.56 Å². The molecular formula is C21H13F2N3O. The van der Waals surface area contributed by atoms with Crippen LogP contribution in [0.1, 0.15) is 17.0 Å². The van der Waals surface area contributed by atoms with Crippen LogP contribution < -0.4 is 5.73 Å². The highest BCUT2D eigenvalue weighted by atomic mass is 19.2. The van der Waals surface area contributed by atoms with Crippen LogP contribution in [0.3, 0.4) is 0 Å². The van der Waals surface area contributed by atoms with Gasteiger partial charge in [-0.25, -0.2) is 13.8 Å². The third-order valence-corrected chi connectivity index (χ3v) is 5.03. The van der Waals surface area contributed by atoms with Crippen molar-refractivity contribution in [3.05, 3.63) is 77.4 Å². The molecule has 5 rings (SSSR count). The van der Waals surface area contributed by atoms with Crippen molar-refractivity contribution in [3.63, 3.8) is 0 Å². The molecule has 3 aromatic carbocycles. The first-order valence-corrected chi connectivity index (χ1v) is 8.42. The third-order valence-electron chi connectivity index (χ3n) is 5.03. The van der Waals surface area contributed by atoms with Crippen molar-refractivity contribution in [2.45, 2.75) is 5.92 Å². The molecule has 1 atom stereocenters. The van der Waals surface area contributed by atoms with Crippen LogP contribution in [0.2, 0.25) is 0 Å². The van der Waals surface area contributed by atoms with E-state index in [0.29, 0.717) is 16.9 Å². The lowest BCUT2D eigenvalue weighted by atomic mass is 9.95. The zero-order valence-electron chi connectivity index (χ0n) is 14.0. The molecule has 1 aliphatic carbocycles. The highest BCUT2D eigenvalue weighted by Gasteiger charge is 2.34. The number of carbonyl (C=O) groups is 1. The van der Waals surface area contributed by atoms with Crippen molar-refractivity contribution >= 4 is 16.9 Å². The molecule has 1 amide bonds. The first-order valence-electron chi connectivity index (χ1n) is 8.42. The van der Waals surface area contributed by atoms with E-state index >= 15 is 0 Å². The third kappa shape index (κ3) is 2.13. The molecule has 27 heavy (non-hydrogen) atoms. The number of nitrogens with zero attached hydrogens (tertiary/aromatic N) is 1. The van der Waals surface area contributed by atoms with Gasteiger partial charge >= 0.3 is 0 Å². The number of halogens is 2. The Kier molecular flexibility index (Phi) is 3.18. The van der Waals surface area contributed by atoms with Crippen molar-refractivity contribution in [2.75, 3.05) is 0 Å². The van der Waals surface area contributed by atoms with Crippen molar-refractivity contribution in [1.82, 2.24) is 9.97 Å². The second-order valence-corrected chi connectivity index (χ2v) is 6.54. The number of hydrogen-bond acceptors (Lipinski definition) is 2. The molecule has 0 aliphatic heterocycles. The summed E-state index contributed by atoms with van der Waals surface area (Å²) in [6, 6.07) is 15.6. The molecule has 1 heterocycles. The fourth-order valence-corrected chi connectivity index (χ4v) is 3.90. The lowest BCUT2D eigenvalue weighted by Crippen LogP contribution is -2.20. The Bertz CT molecular complexity index is 1250. The van der Waals surface area contributed by atoms with Gasteiger partial charge in [-0.3, -0.25) is 4.79 Å². The van der Waals surface area contributed by atoms with Crippen LogP contribution in [-0.2, 0) is 4.79 Å². The van der Waals surface area contributed by atoms with Gasteiger partial charge in [-0.2, -0.15) is 0 Å². The molecule has 1 aliphatic rings. The van der Waals surface area contributed by atoms with Crippen LogP contribution in [0, 0.1) is 11.6 Å². The Balaban J connectivity index is 1.81. The summed E-state index contributed by atoms with van der Waals surface area (Å²) < 4.78 is 27.6. The van der Waals surface area contributed by atoms with Crippen molar-refractivity contribution in [1.29, 1.82) is 0 Å². The number of aromatic amines is 1. The number of imidazole rings is 1. The Morgan fingerprint density at radius 1 is 0.963 bits per heavy atom. The SMILES string of the molecule is NC(=O)[C@@H]1c2ccccc2-c2c(-c3nc4c(F)c(F)ccc4[nH]3)cccc21.